The Bertz CT molecular complexity index is 2770. The molecule has 6 atom stereocenters. The number of carbonyl (C=O) groups is 4. The molecule has 0 bridgehead atoms. The fraction of sp³-hybridized carbons (Fsp3) is 0.481. The first kappa shape index (κ1) is 47.3. The summed E-state index contributed by atoms with van der Waals surface area (Å²) in [4.78, 5) is 57.2. The maximum atomic E-state index is 17.2. The van der Waals surface area contributed by atoms with Crippen LogP contribution in [-0.2, 0) is 34.5 Å². The van der Waals surface area contributed by atoms with Crippen LogP contribution in [0.2, 0.25) is 0 Å². The Balaban J connectivity index is 0.761. The number of amides is 5. The number of halogens is 3. The number of methoxy groups -OCH3 is 1. The van der Waals surface area contributed by atoms with Gasteiger partial charge >= 0.3 is 312 Å². The van der Waals surface area contributed by atoms with Gasteiger partial charge < -0.3 is 0 Å². The van der Waals surface area contributed by atoms with E-state index in [9.17, 15) is 19.2 Å². The Labute approximate surface area is 411 Å². The second-order valence-corrected chi connectivity index (χ2v) is 22.8. The number of aryl methyl sites for hydroxylation is 1. The minimum atomic E-state index is -2.18. The van der Waals surface area contributed by atoms with Crippen LogP contribution >= 0.6 is 0 Å². The van der Waals surface area contributed by atoms with Gasteiger partial charge in [-0.15, -0.1) is 0 Å². The Morgan fingerprint density at radius 3 is 2.48 bits per heavy atom. The number of rotatable bonds is 11. The molecule has 14 nitrogen and oxygen atoms in total. The molecular weight excluding hydrogens is 998 g/mol. The molecule has 4 fully saturated rings. The molecule has 4 unspecified atom stereocenters. The standard InChI is InChI=1S/C52H60F2IN8O6/c1-30-40(53)26-42-39(50(30,2)45-38(46(56)65)17-18-43(68-5)51(45,3)54)27-52(69-42,34-9-7-6-8-10-34)55-58-35-14-11-32(12-15-35)48(66)62-28-36(29-62)61-22-19-31(20-23-61)33-13-16-37-41(25-33)60(4)59-47(37)63-24-21-44(64)57-49(63)67/h6-10,13-14,16-18,25-26,31-32,36,39,43,58H,11-12,15,19-24,27-29H2,1-5H3,(H2,56,65)(H,57,64,67)/q-1/t32-,39?,43?,50?,51?,52+/m1/s1. The third-order valence-electron chi connectivity index (χ3n) is 16.1. The SMILES string of the molecule is COC1C=CC(C(N)=O)=C(C2(C)C(C)=C(F)C=C3O[C@]([I-]NC4=CC[C@@H](C(=O)N5CC(N6CCC(c7ccc8c(N9CCC(=O)NC9=O)nn(C)c8c7)CC6)C5)CC4)(c4ccccc4)CC32)C1(C)F. The van der Waals surface area contributed by atoms with Crippen molar-refractivity contribution >= 4 is 40.5 Å². The summed E-state index contributed by atoms with van der Waals surface area (Å²) in [7, 11) is 3.29. The van der Waals surface area contributed by atoms with E-state index in [1.54, 1.807) is 13.8 Å². The number of aromatic nitrogens is 2. The van der Waals surface area contributed by atoms with Crippen molar-refractivity contribution in [3.63, 3.8) is 0 Å². The van der Waals surface area contributed by atoms with Crippen LogP contribution in [0.5, 0.6) is 0 Å². The zero-order chi connectivity index (χ0) is 48.6. The van der Waals surface area contributed by atoms with Crippen LogP contribution in [0.3, 0.4) is 0 Å². The van der Waals surface area contributed by atoms with Gasteiger partial charge in [-0.2, -0.15) is 5.10 Å². The number of primary amides is 1. The van der Waals surface area contributed by atoms with Crippen molar-refractivity contribution in [1.82, 2.24) is 28.4 Å². The number of anilines is 1. The van der Waals surface area contributed by atoms with Crippen LogP contribution in [0.1, 0.15) is 82.8 Å². The molecule has 3 aliphatic carbocycles. The van der Waals surface area contributed by atoms with Crippen molar-refractivity contribution in [3.05, 3.63) is 118 Å². The minimum absolute atomic E-state index is 0.0146. The molecule has 4 N–H and O–H groups in total. The average Bonchev–Trinajstić information content (AvgIpc) is 3.87. The van der Waals surface area contributed by atoms with Gasteiger partial charge in [0, 0.05) is 25.4 Å². The van der Waals surface area contributed by atoms with Gasteiger partial charge in [0.2, 0.25) is 5.91 Å². The molecule has 7 aliphatic rings. The molecule has 5 amide bonds. The van der Waals surface area contributed by atoms with E-state index in [0.29, 0.717) is 54.9 Å². The average molecular weight is 1060 g/mol. The number of benzene rings is 2. The van der Waals surface area contributed by atoms with Crippen LogP contribution in [-0.4, -0.2) is 101 Å². The summed E-state index contributed by atoms with van der Waals surface area (Å²) in [5, 5.41) is 7.93. The van der Waals surface area contributed by atoms with Crippen molar-refractivity contribution in [2.45, 2.75) is 93.1 Å². The number of urea groups is 1. The van der Waals surface area contributed by atoms with Crippen molar-refractivity contribution < 1.29 is 58.9 Å². The number of imide groups is 1. The molecule has 0 spiro atoms. The number of allylic oxidation sites excluding steroid dienone is 6. The number of nitrogens with zero attached hydrogens (tertiary/aromatic N) is 5. The van der Waals surface area contributed by atoms with E-state index in [-0.39, 0.29) is 35.3 Å². The third-order valence-corrected chi connectivity index (χ3v) is 19.2. The predicted molar refractivity (Wildman–Crippen MR) is 252 cm³/mol. The van der Waals surface area contributed by atoms with Crippen molar-refractivity contribution in [2.75, 3.05) is 44.7 Å². The van der Waals surface area contributed by atoms with Crippen LogP contribution in [0.15, 0.2) is 107 Å². The summed E-state index contributed by atoms with van der Waals surface area (Å²) in [5.74, 6) is -0.612. The first-order chi connectivity index (χ1) is 33.0. The zero-order valence-corrected chi connectivity index (χ0v) is 41.9. The van der Waals surface area contributed by atoms with Gasteiger partial charge in [-0.05, 0) is 23.6 Å². The van der Waals surface area contributed by atoms with E-state index < -0.39 is 66.0 Å². The van der Waals surface area contributed by atoms with Crippen LogP contribution in [0, 0.1) is 17.3 Å². The van der Waals surface area contributed by atoms with Crippen molar-refractivity contribution in [1.29, 1.82) is 0 Å². The summed E-state index contributed by atoms with van der Waals surface area (Å²) in [6, 6.07) is 16.2. The molecule has 5 heterocycles. The monoisotopic (exact) mass is 1060 g/mol. The van der Waals surface area contributed by atoms with E-state index in [2.05, 4.69) is 37.1 Å². The molecule has 0 saturated carbocycles. The molecular formula is C52H60F2IN8O6-. The van der Waals surface area contributed by atoms with E-state index in [0.717, 1.165) is 67.6 Å². The molecule has 4 aliphatic heterocycles. The van der Waals surface area contributed by atoms with Gasteiger partial charge in [-0.3, -0.25) is 19.7 Å². The number of carbonyl (C=O) groups excluding carboxylic acids is 4. The van der Waals surface area contributed by atoms with E-state index in [4.69, 9.17) is 15.2 Å². The number of alkyl halides is 2. The van der Waals surface area contributed by atoms with Crippen molar-refractivity contribution in [3.8, 4) is 0 Å². The summed E-state index contributed by atoms with van der Waals surface area (Å²) in [6.45, 7) is 8.54. The summed E-state index contributed by atoms with van der Waals surface area (Å²) >= 11 is -1.03. The van der Waals surface area contributed by atoms with Gasteiger partial charge in [0.05, 0.1) is 5.52 Å². The van der Waals surface area contributed by atoms with Crippen LogP contribution in [0.4, 0.5) is 19.4 Å². The second-order valence-electron chi connectivity index (χ2n) is 20.0. The van der Waals surface area contributed by atoms with Gasteiger partial charge in [0.15, 0.2) is 5.82 Å². The number of nitrogens with two attached hydrogens (primary N) is 1. The number of nitrogens with one attached hydrogen (secondary N) is 2. The Morgan fingerprint density at radius 1 is 1.04 bits per heavy atom. The second kappa shape index (κ2) is 18.1. The van der Waals surface area contributed by atoms with Gasteiger partial charge in [0.25, 0.3) is 0 Å². The fourth-order valence-electron chi connectivity index (χ4n) is 12.0. The first-order valence-electron chi connectivity index (χ1n) is 24.0. The van der Waals surface area contributed by atoms with E-state index in [1.165, 1.54) is 42.7 Å². The number of ether oxygens (including phenoxy) is 2. The normalized spacial score (nSPS) is 30.3. The number of hydrogen-bond donors (Lipinski definition) is 3. The molecule has 1 aromatic heterocycles. The van der Waals surface area contributed by atoms with Gasteiger partial charge in [-0.25, -0.2) is 4.79 Å². The molecule has 366 valence electrons. The first-order valence-corrected chi connectivity index (χ1v) is 26.2. The molecule has 2 aromatic carbocycles. The molecule has 10 rings (SSSR count). The van der Waals surface area contributed by atoms with E-state index >= 15 is 8.78 Å². The van der Waals surface area contributed by atoms with Gasteiger partial charge in [0.1, 0.15) is 0 Å². The fourth-order valence-corrected chi connectivity index (χ4v) is 15.0. The Hall–Kier alpha value is -5.40. The number of fused-ring (bicyclic) bond motifs is 2. The topological polar surface area (TPSA) is 164 Å². The summed E-state index contributed by atoms with van der Waals surface area (Å²) < 4.78 is 50.6. The Morgan fingerprint density at radius 2 is 1.80 bits per heavy atom. The number of piperidine rings is 1. The van der Waals surface area contributed by atoms with E-state index in [1.807, 2.05) is 53.0 Å². The zero-order valence-electron chi connectivity index (χ0n) is 39.7. The van der Waals surface area contributed by atoms with Gasteiger partial charge in [-0.1, -0.05) is 6.07 Å². The maximum absolute atomic E-state index is 17.2. The molecule has 3 aromatic rings. The summed E-state index contributed by atoms with van der Waals surface area (Å²) in [5.41, 5.74) is 7.04. The predicted octanol–water partition coefficient (Wildman–Crippen LogP) is 3.82. The molecule has 4 saturated heterocycles. The third kappa shape index (κ3) is 8.18. The van der Waals surface area contributed by atoms with Crippen molar-refractivity contribution in [2.24, 2.45) is 30.0 Å². The quantitative estimate of drug-likeness (QED) is 0.147. The Kier molecular flexibility index (Phi) is 12.4. The summed E-state index contributed by atoms with van der Waals surface area (Å²) in [6.07, 6.45) is 10.3. The van der Waals surface area contributed by atoms with Crippen LogP contribution in [0.25, 0.3) is 10.9 Å². The molecule has 69 heavy (non-hydrogen) atoms. The number of likely N-dealkylation sites (tertiary alicyclic amines) is 2. The molecule has 0 radical (unpaired) electrons. The van der Waals surface area contributed by atoms with Crippen LogP contribution < -0.4 is 41.0 Å². The molecule has 17 heteroatoms. The number of hydrogen-bond acceptors (Lipinski definition) is 9.